The molecule has 16 heteroatoms. The first-order chi connectivity index (χ1) is 14.8. The lowest BCUT2D eigenvalue weighted by atomic mass is 10.1. The minimum Gasteiger partial charge on any atom is -0.491 e. The van der Waals surface area contributed by atoms with Crippen molar-refractivity contribution in [2.45, 2.75) is 18.2 Å². The molecular weight excluding hydrogens is 470 g/mol. The number of nitrogens with two attached hydrogens (primary N) is 2. The molecule has 14 nitrogen and oxygen atoms in total. The van der Waals surface area contributed by atoms with Crippen LogP contribution in [0.4, 0.5) is 22.7 Å². The van der Waals surface area contributed by atoms with E-state index in [1.807, 2.05) is 0 Å². The van der Waals surface area contributed by atoms with Crippen LogP contribution in [-0.2, 0) is 24.5 Å². The minimum atomic E-state index is -4.54. The Morgan fingerprint density at radius 2 is 1.78 bits per heavy atom. The second-order valence-electron chi connectivity index (χ2n) is 6.32. The van der Waals surface area contributed by atoms with Crippen LogP contribution in [0.1, 0.15) is 12.0 Å². The first-order valence-electron chi connectivity index (χ1n) is 8.65. The molecule has 32 heavy (non-hydrogen) atoms. The van der Waals surface area contributed by atoms with Crippen LogP contribution in [0.15, 0.2) is 45.5 Å². The fraction of sp³-hybridized carbons (Fsp3) is 0.250. The summed E-state index contributed by atoms with van der Waals surface area (Å²) >= 11 is 0. The highest BCUT2D eigenvalue weighted by atomic mass is 32.2. The fourth-order valence-corrected chi connectivity index (χ4v) is 3.63. The van der Waals surface area contributed by atoms with Gasteiger partial charge in [0.05, 0.1) is 28.7 Å². The molecule has 0 aliphatic heterocycles. The van der Waals surface area contributed by atoms with Gasteiger partial charge in [0.1, 0.15) is 16.3 Å². The molecule has 2 aromatic rings. The average Bonchev–Trinajstić information content (AvgIpc) is 2.70. The molecule has 0 amide bonds. The maximum atomic E-state index is 12.0. The van der Waals surface area contributed by atoms with Gasteiger partial charge in [-0.15, -0.1) is 5.11 Å². The molecule has 0 saturated carbocycles. The molecule has 0 unspecified atom stereocenters. The summed E-state index contributed by atoms with van der Waals surface area (Å²) < 4.78 is 63.6. The number of aryl methyl sites for hydroxylation is 1. The van der Waals surface area contributed by atoms with Gasteiger partial charge in [-0.2, -0.15) is 32.1 Å². The van der Waals surface area contributed by atoms with Crippen molar-refractivity contribution in [2.24, 2.45) is 16.1 Å². The van der Waals surface area contributed by atoms with Crippen LogP contribution >= 0.6 is 0 Å². The number of nitro groups is 1. The lowest BCUT2D eigenvalue weighted by Crippen LogP contribution is -2.11. The van der Waals surface area contributed by atoms with Crippen LogP contribution in [0, 0.1) is 17.0 Å². The van der Waals surface area contributed by atoms with E-state index in [4.69, 9.17) is 20.9 Å². The molecule has 0 aliphatic rings. The summed E-state index contributed by atoms with van der Waals surface area (Å²) in [4.78, 5) is 9.49. The SMILES string of the molecule is Cc1cc(N)c(OCCCS(=O)(=O)O)cc1N=Nc1ccc([N+](=O)[O-])cc1S(=O)(=O)ON. The average molecular weight is 489 g/mol. The quantitative estimate of drug-likeness (QED) is 0.109. The van der Waals surface area contributed by atoms with E-state index in [1.54, 1.807) is 6.92 Å². The van der Waals surface area contributed by atoms with Crippen molar-refractivity contribution in [1.82, 2.24) is 0 Å². The molecule has 2 aromatic carbocycles. The molecule has 0 atom stereocenters. The lowest BCUT2D eigenvalue weighted by Gasteiger charge is -2.11. The zero-order valence-electron chi connectivity index (χ0n) is 16.5. The van der Waals surface area contributed by atoms with Crippen molar-refractivity contribution in [3.05, 3.63) is 46.0 Å². The molecule has 0 saturated heterocycles. The Hall–Kier alpha value is -3.18. The number of nitrogen functional groups attached to an aromatic ring is 1. The molecule has 174 valence electrons. The standard InChI is InChI=1S/C16H19N5O9S2/c1-10-7-12(17)15(29-5-2-6-31(24,25)26)9-14(10)20-19-13-4-3-11(21(22)23)8-16(13)32(27,28)30-18/h3-4,7-9H,2,5-6,17-18H2,1H3,(H,24,25,26). The second-order valence-corrected chi connectivity index (χ2v) is 9.44. The van der Waals surface area contributed by atoms with Gasteiger partial charge in [-0.1, -0.05) is 0 Å². The number of ether oxygens (including phenoxy) is 1. The van der Waals surface area contributed by atoms with Gasteiger partial charge >= 0.3 is 10.1 Å². The number of anilines is 1. The smallest absolute Gasteiger partial charge is 0.315 e. The van der Waals surface area contributed by atoms with Crippen molar-refractivity contribution in [3.63, 3.8) is 0 Å². The van der Waals surface area contributed by atoms with Gasteiger partial charge in [0.25, 0.3) is 15.8 Å². The molecule has 0 heterocycles. The molecule has 0 aliphatic carbocycles. The summed E-state index contributed by atoms with van der Waals surface area (Å²) in [6.45, 7) is 1.57. The number of hydrogen-bond acceptors (Lipinski definition) is 12. The third-order valence-electron chi connectivity index (χ3n) is 3.95. The van der Waals surface area contributed by atoms with Crippen LogP contribution in [0.3, 0.4) is 0 Å². The number of nitrogens with zero attached hydrogens (tertiary/aromatic N) is 3. The molecule has 2 rings (SSSR count). The summed E-state index contributed by atoms with van der Waals surface area (Å²) in [6, 6.07) is 5.72. The topological polar surface area (TPSA) is 227 Å². The normalized spacial score (nSPS) is 12.2. The van der Waals surface area contributed by atoms with Gasteiger partial charge in [0.15, 0.2) is 0 Å². The first-order valence-corrected chi connectivity index (χ1v) is 11.7. The van der Waals surface area contributed by atoms with Crippen molar-refractivity contribution >= 4 is 43.0 Å². The number of non-ortho nitro benzene ring substituents is 1. The van der Waals surface area contributed by atoms with E-state index in [-0.39, 0.29) is 35.8 Å². The largest absolute Gasteiger partial charge is 0.491 e. The van der Waals surface area contributed by atoms with Gasteiger partial charge in [-0.3, -0.25) is 14.7 Å². The van der Waals surface area contributed by atoms with E-state index in [9.17, 15) is 26.9 Å². The molecule has 0 bridgehead atoms. The predicted octanol–water partition coefficient (Wildman–Crippen LogP) is 2.14. The summed E-state index contributed by atoms with van der Waals surface area (Å²) in [5.41, 5.74) is 6.06. The second kappa shape index (κ2) is 9.96. The highest BCUT2D eigenvalue weighted by molar-refractivity contribution is 7.87. The molecule has 0 aromatic heterocycles. The Morgan fingerprint density at radius 3 is 2.38 bits per heavy atom. The van der Waals surface area contributed by atoms with Gasteiger partial charge in [0.2, 0.25) is 0 Å². The Bertz CT molecular complexity index is 1260. The highest BCUT2D eigenvalue weighted by Crippen LogP contribution is 2.34. The minimum absolute atomic E-state index is 0.00606. The molecule has 0 radical (unpaired) electrons. The van der Waals surface area contributed by atoms with E-state index in [0.29, 0.717) is 5.56 Å². The van der Waals surface area contributed by atoms with E-state index in [2.05, 4.69) is 14.5 Å². The Morgan fingerprint density at radius 1 is 1.12 bits per heavy atom. The fourth-order valence-electron chi connectivity index (χ4n) is 2.41. The van der Waals surface area contributed by atoms with Gasteiger partial charge in [0, 0.05) is 18.2 Å². The number of nitro benzene ring substituents is 1. The maximum Gasteiger partial charge on any atom is 0.315 e. The van der Waals surface area contributed by atoms with Crippen LogP contribution < -0.4 is 16.4 Å². The van der Waals surface area contributed by atoms with E-state index < -0.39 is 41.5 Å². The molecule has 0 spiro atoms. The third-order valence-corrected chi connectivity index (χ3v) is 5.87. The third kappa shape index (κ3) is 6.66. The van der Waals surface area contributed by atoms with Gasteiger partial charge in [-0.05, 0) is 31.0 Å². The first kappa shape index (κ1) is 25.1. The van der Waals surface area contributed by atoms with Crippen molar-refractivity contribution < 1.29 is 35.3 Å². The predicted molar refractivity (Wildman–Crippen MR) is 112 cm³/mol. The Balaban J connectivity index is 2.36. The lowest BCUT2D eigenvalue weighted by molar-refractivity contribution is -0.385. The van der Waals surface area contributed by atoms with Crippen molar-refractivity contribution in [3.8, 4) is 5.75 Å². The number of benzene rings is 2. The van der Waals surface area contributed by atoms with E-state index in [0.717, 1.165) is 18.2 Å². The summed E-state index contributed by atoms with van der Waals surface area (Å²) in [5.74, 6) is 4.43. The number of rotatable bonds is 10. The van der Waals surface area contributed by atoms with Crippen LogP contribution in [0.2, 0.25) is 0 Å². The summed E-state index contributed by atoms with van der Waals surface area (Å²) in [6.07, 6.45) is 0.00606. The monoisotopic (exact) mass is 489 g/mol. The van der Waals surface area contributed by atoms with Gasteiger partial charge < -0.3 is 10.5 Å². The molecular formula is C16H19N5O9S2. The van der Waals surface area contributed by atoms with Crippen molar-refractivity contribution in [2.75, 3.05) is 18.1 Å². The van der Waals surface area contributed by atoms with Crippen LogP contribution in [-0.4, -0.2) is 38.7 Å². The summed E-state index contributed by atoms with van der Waals surface area (Å²) in [7, 11) is -8.66. The van der Waals surface area contributed by atoms with Crippen LogP contribution in [0.25, 0.3) is 0 Å². The zero-order valence-corrected chi connectivity index (χ0v) is 18.2. The highest BCUT2D eigenvalue weighted by Gasteiger charge is 2.23. The van der Waals surface area contributed by atoms with Gasteiger partial charge in [-0.25, -0.2) is 0 Å². The van der Waals surface area contributed by atoms with Crippen LogP contribution in [0.5, 0.6) is 5.75 Å². The van der Waals surface area contributed by atoms with Crippen molar-refractivity contribution in [1.29, 1.82) is 0 Å². The summed E-state index contributed by atoms with van der Waals surface area (Å²) in [5, 5.41) is 18.7. The van der Waals surface area contributed by atoms with E-state index in [1.165, 1.54) is 12.1 Å². The Labute approximate surface area is 182 Å². The Kier molecular flexibility index (Phi) is 7.81. The zero-order chi connectivity index (χ0) is 24.1. The molecule has 0 fully saturated rings. The maximum absolute atomic E-state index is 12.0. The van der Waals surface area contributed by atoms with E-state index >= 15 is 0 Å². The number of hydrogen-bond donors (Lipinski definition) is 3. The number of azo groups is 1. The molecule has 5 N–H and O–H groups in total.